The molecule has 0 unspecified atom stereocenters. The van der Waals surface area contributed by atoms with Crippen LogP contribution in [0, 0.1) is 0 Å². The Morgan fingerprint density at radius 1 is 0.792 bits per heavy atom. The monoisotopic (exact) mass is 340 g/mol. The van der Waals surface area contributed by atoms with Crippen molar-refractivity contribution in [1.82, 2.24) is 0 Å². The van der Waals surface area contributed by atoms with Crippen molar-refractivity contribution in [3.63, 3.8) is 0 Å². The summed E-state index contributed by atoms with van der Waals surface area (Å²) < 4.78 is 10.5. The van der Waals surface area contributed by atoms with Crippen LogP contribution in [0.1, 0.15) is 103 Å². The van der Waals surface area contributed by atoms with Crippen LogP contribution < -0.4 is 0 Å². The Morgan fingerprint density at radius 2 is 1.38 bits per heavy atom. The number of unbranched alkanes of at least 4 members (excludes halogenated alkanes) is 8. The third-order valence-corrected chi connectivity index (χ3v) is 4.62. The first-order valence-corrected chi connectivity index (χ1v) is 10.1. The second-order valence-electron chi connectivity index (χ2n) is 6.95. The molecule has 1 rings (SSSR count). The minimum Gasteiger partial charge on any atom is -0.466 e. The fraction of sp³-hybridized carbons (Fsp3) is 0.900. The topological polar surface area (TPSA) is 52.6 Å². The minimum atomic E-state index is -0.134. The van der Waals surface area contributed by atoms with Crippen LogP contribution in [0.5, 0.6) is 0 Å². The molecule has 0 radical (unpaired) electrons. The maximum atomic E-state index is 11.6. The maximum Gasteiger partial charge on any atom is 0.306 e. The van der Waals surface area contributed by atoms with Gasteiger partial charge in [-0.1, -0.05) is 51.9 Å². The Morgan fingerprint density at radius 3 is 1.96 bits per heavy atom. The lowest BCUT2D eigenvalue weighted by Crippen LogP contribution is -2.24. The van der Waals surface area contributed by atoms with Gasteiger partial charge in [-0.3, -0.25) is 9.59 Å². The molecule has 1 fully saturated rings. The standard InChI is InChI=1S/C20H36O4/c1-2-3-4-5-6-7-8-11-17-23-19(21)15-9-10-16-20(22)24-18-13-12-14-18/h18H,2-17H2,1H3. The maximum absolute atomic E-state index is 11.6. The molecule has 24 heavy (non-hydrogen) atoms. The van der Waals surface area contributed by atoms with Gasteiger partial charge in [0.25, 0.3) is 0 Å². The molecule has 140 valence electrons. The number of esters is 2. The van der Waals surface area contributed by atoms with E-state index in [-0.39, 0.29) is 18.0 Å². The predicted molar refractivity (Wildman–Crippen MR) is 95.8 cm³/mol. The smallest absolute Gasteiger partial charge is 0.306 e. The van der Waals surface area contributed by atoms with Gasteiger partial charge in [-0.05, 0) is 38.5 Å². The summed E-state index contributed by atoms with van der Waals surface area (Å²) >= 11 is 0. The molecule has 0 aromatic heterocycles. The van der Waals surface area contributed by atoms with Crippen LogP contribution >= 0.6 is 0 Å². The highest BCUT2D eigenvalue weighted by Crippen LogP contribution is 2.22. The van der Waals surface area contributed by atoms with Crippen molar-refractivity contribution < 1.29 is 19.1 Å². The molecule has 1 saturated carbocycles. The van der Waals surface area contributed by atoms with E-state index in [9.17, 15) is 9.59 Å². The molecule has 1 aliphatic carbocycles. The molecule has 0 heterocycles. The first-order chi connectivity index (χ1) is 11.7. The third-order valence-electron chi connectivity index (χ3n) is 4.62. The SMILES string of the molecule is CCCCCCCCCCOC(=O)CCCCC(=O)OC1CCC1. The van der Waals surface area contributed by atoms with Crippen molar-refractivity contribution in [2.45, 2.75) is 109 Å². The van der Waals surface area contributed by atoms with Crippen LogP contribution in [0.3, 0.4) is 0 Å². The lowest BCUT2D eigenvalue weighted by atomic mass is 9.96. The van der Waals surface area contributed by atoms with Crippen molar-refractivity contribution in [1.29, 1.82) is 0 Å². The highest BCUT2D eigenvalue weighted by molar-refractivity contribution is 5.70. The quantitative estimate of drug-likeness (QED) is 0.299. The van der Waals surface area contributed by atoms with Crippen LogP contribution in [0.15, 0.2) is 0 Å². The molecule has 4 nitrogen and oxygen atoms in total. The molecular weight excluding hydrogens is 304 g/mol. The average Bonchev–Trinajstić information content (AvgIpc) is 2.53. The van der Waals surface area contributed by atoms with Crippen LogP contribution in [0.2, 0.25) is 0 Å². The van der Waals surface area contributed by atoms with E-state index in [0.29, 0.717) is 32.3 Å². The predicted octanol–water partition coefficient (Wildman–Crippen LogP) is 5.33. The molecule has 0 spiro atoms. The van der Waals surface area contributed by atoms with E-state index < -0.39 is 0 Å². The highest BCUT2D eigenvalue weighted by atomic mass is 16.5. The largest absolute Gasteiger partial charge is 0.466 e. The Bertz CT molecular complexity index is 337. The van der Waals surface area contributed by atoms with Crippen molar-refractivity contribution in [3.05, 3.63) is 0 Å². The number of carbonyl (C=O) groups excluding carboxylic acids is 2. The van der Waals surface area contributed by atoms with Crippen LogP contribution in [0.25, 0.3) is 0 Å². The summed E-state index contributed by atoms with van der Waals surface area (Å²) in [5, 5.41) is 0. The molecule has 0 N–H and O–H groups in total. The zero-order valence-electron chi connectivity index (χ0n) is 15.5. The van der Waals surface area contributed by atoms with Gasteiger partial charge in [0.15, 0.2) is 0 Å². The Labute approximate surface area is 147 Å². The summed E-state index contributed by atoms with van der Waals surface area (Å²) in [4.78, 5) is 23.1. The van der Waals surface area contributed by atoms with Gasteiger partial charge in [0.2, 0.25) is 0 Å². The summed E-state index contributed by atoms with van der Waals surface area (Å²) in [6, 6.07) is 0. The lowest BCUT2D eigenvalue weighted by Gasteiger charge is -2.25. The van der Waals surface area contributed by atoms with E-state index in [1.807, 2.05) is 0 Å². The summed E-state index contributed by atoms with van der Waals surface area (Å²) in [7, 11) is 0. The summed E-state index contributed by atoms with van der Waals surface area (Å²) in [6.07, 6.45) is 15.5. The first-order valence-electron chi connectivity index (χ1n) is 10.1. The molecule has 0 saturated heterocycles. The number of hydrogen-bond donors (Lipinski definition) is 0. The Kier molecular flexibility index (Phi) is 12.5. The number of rotatable bonds is 15. The first kappa shape index (κ1) is 21.0. The van der Waals surface area contributed by atoms with Gasteiger partial charge >= 0.3 is 11.9 Å². The second kappa shape index (κ2) is 14.3. The summed E-state index contributed by atoms with van der Waals surface area (Å²) in [5.41, 5.74) is 0. The summed E-state index contributed by atoms with van der Waals surface area (Å²) in [5.74, 6) is -0.252. The van der Waals surface area contributed by atoms with E-state index in [4.69, 9.17) is 9.47 Å². The molecular formula is C20H36O4. The highest BCUT2D eigenvalue weighted by Gasteiger charge is 2.21. The molecule has 0 aromatic carbocycles. The second-order valence-corrected chi connectivity index (χ2v) is 6.95. The summed E-state index contributed by atoms with van der Waals surface area (Å²) in [6.45, 7) is 2.77. The lowest BCUT2D eigenvalue weighted by molar-refractivity contribution is -0.153. The fourth-order valence-corrected chi connectivity index (χ4v) is 2.77. The molecule has 0 aliphatic heterocycles. The van der Waals surface area contributed by atoms with Gasteiger partial charge in [0.05, 0.1) is 6.61 Å². The Hall–Kier alpha value is -1.06. The number of hydrogen-bond acceptors (Lipinski definition) is 4. The molecule has 4 heteroatoms. The molecule has 0 atom stereocenters. The van der Waals surface area contributed by atoms with E-state index in [1.54, 1.807) is 0 Å². The van der Waals surface area contributed by atoms with E-state index in [2.05, 4.69) is 6.92 Å². The molecule has 0 amide bonds. The fourth-order valence-electron chi connectivity index (χ4n) is 2.77. The van der Waals surface area contributed by atoms with Gasteiger partial charge < -0.3 is 9.47 Å². The zero-order valence-corrected chi connectivity index (χ0v) is 15.5. The zero-order chi connectivity index (χ0) is 17.5. The average molecular weight is 341 g/mol. The van der Waals surface area contributed by atoms with E-state index >= 15 is 0 Å². The molecule has 0 bridgehead atoms. The number of ether oxygens (including phenoxy) is 2. The van der Waals surface area contributed by atoms with Gasteiger partial charge in [-0.15, -0.1) is 0 Å². The minimum absolute atomic E-state index is 0.119. The number of carbonyl (C=O) groups is 2. The van der Waals surface area contributed by atoms with Gasteiger partial charge in [-0.2, -0.15) is 0 Å². The van der Waals surface area contributed by atoms with E-state index in [1.165, 1.54) is 44.9 Å². The van der Waals surface area contributed by atoms with E-state index in [0.717, 1.165) is 25.7 Å². The third kappa shape index (κ3) is 11.5. The Balaban J connectivity index is 1.80. The molecule has 1 aliphatic rings. The van der Waals surface area contributed by atoms with Crippen molar-refractivity contribution >= 4 is 11.9 Å². The molecule has 0 aromatic rings. The van der Waals surface area contributed by atoms with Crippen LogP contribution in [-0.4, -0.2) is 24.6 Å². The van der Waals surface area contributed by atoms with Crippen molar-refractivity contribution in [2.24, 2.45) is 0 Å². The van der Waals surface area contributed by atoms with Gasteiger partial charge in [0, 0.05) is 12.8 Å². The van der Waals surface area contributed by atoms with Gasteiger partial charge in [0.1, 0.15) is 6.10 Å². The van der Waals surface area contributed by atoms with Crippen molar-refractivity contribution in [2.75, 3.05) is 6.61 Å². The van der Waals surface area contributed by atoms with Crippen molar-refractivity contribution in [3.8, 4) is 0 Å². The van der Waals surface area contributed by atoms with Crippen LogP contribution in [0.4, 0.5) is 0 Å². The van der Waals surface area contributed by atoms with Gasteiger partial charge in [-0.25, -0.2) is 0 Å². The van der Waals surface area contributed by atoms with Crippen LogP contribution in [-0.2, 0) is 19.1 Å². The normalized spacial score (nSPS) is 14.2.